The maximum Gasteiger partial charge on any atom is 0.264 e. The van der Waals surface area contributed by atoms with Crippen LogP contribution in [0.2, 0.25) is 0 Å². The molecule has 1 saturated heterocycles. The quantitative estimate of drug-likeness (QED) is 0.843. The Morgan fingerprint density at radius 3 is 2.61 bits per heavy atom. The molecule has 0 N–H and O–H groups in total. The molecule has 0 spiro atoms. The third-order valence-corrected chi connectivity index (χ3v) is 4.75. The van der Waals surface area contributed by atoms with E-state index in [1.54, 1.807) is 18.2 Å². The average molecular weight is 334 g/mol. The van der Waals surface area contributed by atoms with Crippen molar-refractivity contribution < 1.29 is 13.9 Å². The first-order chi connectivity index (χ1) is 11.2. The van der Waals surface area contributed by atoms with Crippen molar-refractivity contribution in [2.24, 2.45) is 0 Å². The number of hydrogen-bond donors (Lipinski definition) is 0. The smallest absolute Gasteiger partial charge is 0.264 e. The number of nitrogens with zero attached hydrogens (tertiary/aromatic N) is 2. The van der Waals surface area contributed by atoms with E-state index in [2.05, 4.69) is 4.90 Å². The highest BCUT2D eigenvalue weighted by Crippen LogP contribution is 2.16. The summed E-state index contributed by atoms with van der Waals surface area (Å²) in [6.07, 6.45) is 0. The topological polar surface area (TPSA) is 32.8 Å². The maximum atomic E-state index is 13.4. The number of ether oxygens (including phenoxy) is 1. The van der Waals surface area contributed by atoms with Crippen molar-refractivity contribution in [1.29, 1.82) is 0 Å². The van der Waals surface area contributed by atoms with Crippen LogP contribution in [-0.4, -0.2) is 55.0 Å². The first kappa shape index (κ1) is 16.0. The van der Waals surface area contributed by atoms with Crippen LogP contribution in [0.25, 0.3) is 0 Å². The Labute approximate surface area is 139 Å². The lowest BCUT2D eigenvalue weighted by atomic mass is 10.3. The Morgan fingerprint density at radius 1 is 1.13 bits per heavy atom. The van der Waals surface area contributed by atoms with Crippen LogP contribution in [-0.2, 0) is 0 Å². The molecule has 122 valence electrons. The minimum atomic E-state index is -0.334. The van der Waals surface area contributed by atoms with Gasteiger partial charge in [0.15, 0.2) is 11.6 Å². The molecule has 23 heavy (non-hydrogen) atoms. The van der Waals surface area contributed by atoms with Crippen molar-refractivity contribution in [3.05, 3.63) is 52.5 Å². The molecule has 1 fully saturated rings. The van der Waals surface area contributed by atoms with Gasteiger partial charge in [-0.3, -0.25) is 9.69 Å². The Hall–Kier alpha value is -1.92. The van der Waals surface area contributed by atoms with Crippen LogP contribution < -0.4 is 4.74 Å². The Kier molecular flexibility index (Phi) is 5.25. The van der Waals surface area contributed by atoms with E-state index in [9.17, 15) is 9.18 Å². The van der Waals surface area contributed by atoms with Gasteiger partial charge in [-0.25, -0.2) is 4.39 Å². The van der Waals surface area contributed by atoms with Crippen LogP contribution in [0.1, 0.15) is 9.67 Å². The molecular weight excluding hydrogens is 315 g/mol. The number of piperazine rings is 1. The molecule has 1 aliphatic heterocycles. The van der Waals surface area contributed by atoms with E-state index in [1.165, 1.54) is 17.4 Å². The van der Waals surface area contributed by atoms with Crippen molar-refractivity contribution in [3.63, 3.8) is 0 Å². The van der Waals surface area contributed by atoms with Gasteiger partial charge in [0.1, 0.15) is 6.61 Å². The van der Waals surface area contributed by atoms with Crippen molar-refractivity contribution in [3.8, 4) is 5.75 Å². The Morgan fingerprint density at radius 2 is 1.91 bits per heavy atom. The second-order valence-corrected chi connectivity index (χ2v) is 6.34. The Bertz CT molecular complexity index is 640. The van der Waals surface area contributed by atoms with Gasteiger partial charge >= 0.3 is 0 Å². The monoisotopic (exact) mass is 334 g/mol. The van der Waals surface area contributed by atoms with Gasteiger partial charge < -0.3 is 9.64 Å². The third kappa shape index (κ3) is 4.09. The van der Waals surface area contributed by atoms with Gasteiger partial charge in [0.2, 0.25) is 0 Å². The molecular formula is C17H19FN2O2S. The third-order valence-electron chi connectivity index (χ3n) is 3.89. The summed E-state index contributed by atoms with van der Waals surface area (Å²) in [5.74, 6) is 0.0696. The molecule has 1 aromatic heterocycles. The van der Waals surface area contributed by atoms with Gasteiger partial charge in [-0.2, -0.15) is 0 Å². The number of para-hydroxylation sites is 1. The average Bonchev–Trinajstić information content (AvgIpc) is 3.11. The minimum absolute atomic E-state index is 0.113. The van der Waals surface area contributed by atoms with E-state index in [1.807, 2.05) is 22.4 Å². The molecule has 6 heteroatoms. The predicted octanol–water partition coefficient (Wildman–Crippen LogP) is 2.72. The molecule has 0 aliphatic carbocycles. The first-order valence-corrected chi connectivity index (χ1v) is 8.54. The van der Waals surface area contributed by atoms with Crippen LogP contribution >= 0.6 is 11.3 Å². The van der Waals surface area contributed by atoms with E-state index in [0.29, 0.717) is 12.4 Å². The summed E-state index contributed by atoms with van der Waals surface area (Å²) in [5, 5.41) is 1.92. The summed E-state index contributed by atoms with van der Waals surface area (Å²) in [7, 11) is 0. The van der Waals surface area contributed by atoms with Gasteiger partial charge in [-0.1, -0.05) is 18.2 Å². The highest BCUT2D eigenvalue weighted by Gasteiger charge is 2.22. The fourth-order valence-electron chi connectivity index (χ4n) is 2.58. The molecule has 0 unspecified atom stereocenters. The second kappa shape index (κ2) is 7.57. The zero-order chi connectivity index (χ0) is 16.1. The van der Waals surface area contributed by atoms with E-state index < -0.39 is 0 Å². The number of carbonyl (C=O) groups is 1. The fraction of sp³-hybridized carbons (Fsp3) is 0.353. The number of hydrogen-bond acceptors (Lipinski definition) is 4. The van der Waals surface area contributed by atoms with Gasteiger partial charge in [0.25, 0.3) is 5.91 Å². The molecule has 0 atom stereocenters. The van der Waals surface area contributed by atoms with Crippen LogP contribution in [0.5, 0.6) is 5.75 Å². The van der Waals surface area contributed by atoms with E-state index in [-0.39, 0.29) is 11.7 Å². The molecule has 0 saturated carbocycles. The first-order valence-electron chi connectivity index (χ1n) is 7.66. The van der Waals surface area contributed by atoms with Gasteiger partial charge in [-0.05, 0) is 23.6 Å². The highest BCUT2D eigenvalue weighted by molar-refractivity contribution is 7.12. The van der Waals surface area contributed by atoms with Crippen LogP contribution in [0.3, 0.4) is 0 Å². The van der Waals surface area contributed by atoms with Gasteiger partial charge in [-0.15, -0.1) is 11.3 Å². The standard InChI is InChI=1S/C17H19FN2O2S/c18-14-4-1-2-5-15(14)22-12-11-19-7-9-20(10-8-19)17(21)16-6-3-13-23-16/h1-6,13H,7-12H2. The molecule has 0 bridgehead atoms. The molecule has 1 amide bonds. The number of amides is 1. The van der Waals surface area contributed by atoms with Crippen molar-refractivity contribution >= 4 is 17.2 Å². The normalized spacial score (nSPS) is 15.6. The lowest BCUT2D eigenvalue weighted by Gasteiger charge is -2.34. The summed E-state index contributed by atoms with van der Waals surface area (Å²) in [6, 6.07) is 10.2. The second-order valence-electron chi connectivity index (χ2n) is 5.39. The summed E-state index contributed by atoms with van der Waals surface area (Å²) in [4.78, 5) is 17.2. The van der Waals surface area contributed by atoms with Gasteiger partial charge in [0.05, 0.1) is 4.88 Å². The number of rotatable bonds is 5. The number of benzene rings is 1. The molecule has 2 heterocycles. The molecule has 4 nitrogen and oxygen atoms in total. The molecule has 0 radical (unpaired) electrons. The molecule has 1 aliphatic rings. The number of halogens is 1. The van der Waals surface area contributed by atoms with E-state index >= 15 is 0 Å². The van der Waals surface area contributed by atoms with E-state index in [4.69, 9.17) is 4.74 Å². The molecule has 1 aromatic carbocycles. The summed E-state index contributed by atoms with van der Waals surface area (Å²) in [5.41, 5.74) is 0. The van der Waals surface area contributed by atoms with Crippen molar-refractivity contribution in [2.45, 2.75) is 0 Å². The zero-order valence-electron chi connectivity index (χ0n) is 12.8. The molecule has 2 aromatic rings. The van der Waals surface area contributed by atoms with Crippen LogP contribution in [0.4, 0.5) is 4.39 Å². The van der Waals surface area contributed by atoms with Crippen LogP contribution in [0.15, 0.2) is 41.8 Å². The van der Waals surface area contributed by atoms with Crippen molar-refractivity contribution in [2.75, 3.05) is 39.3 Å². The Balaban J connectivity index is 1.41. The zero-order valence-corrected chi connectivity index (χ0v) is 13.6. The lowest BCUT2D eigenvalue weighted by Crippen LogP contribution is -2.49. The van der Waals surface area contributed by atoms with Crippen LogP contribution in [0, 0.1) is 5.82 Å². The summed E-state index contributed by atoms with van der Waals surface area (Å²) < 4.78 is 18.9. The summed E-state index contributed by atoms with van der Waals surface area (Å²) in [6.45, 7) is 4.25. The predicted molar refractivity (Wildman–Crippen MR) is 88.6 cm³/mol. The van der Waals surface area contributed by atoms with Crippen molar-refractivity contribution in [1.82, 2.24) is 9.80 Å². The number of thiophene rings is 1. The lowest BCUT2D eigenvalue weighted by molar-refractivity contribution is 0.0624. The fourth-order valence-corrected chi connectivity index (χ4v) is 3.27. The number of carbonyl (C=O) groups excluding carboxylic acids is 1. The largest absolute Gasteiger partial charge is 0.489 e. The maximum absolute atomic E-state index is 13.4. The minimum Gasteiger partial charge on any atom is -0.489 e. The highest BCUT2D eigenvalue weighted by atomic mass is 32.1. The SMILES string of the molecule is O=C(c1cccs1)N1CCN(CCOc2ccccc2F)CC1. The summed E-state index contributed by atoms with van der Waals surface area (Å²) >= 11 is 1.48. The van der Waals surface area contributed by atoms with Gasteiger partial charge in [0, 0.05) is 32.7 Å². The van der Waals surface area contributed by atoms with E-state index in [0.717, 1.165) is 37.6 Å². The molecule has 3 rings (SSSR count).